The molecule has 4 rings (SSSR count). The number of H-pyrrole nitrogens is 1. The summed E-state index contributed by atoms with van der Waals surface area (Å²) in [5.74, 6) is 0.408. The van der Waals surface area contributed by atoms with Gasteiger partial charge in [-0.3, -0.25) is 14.7 Å². The average molecular weight is 424 g/mol. The molecule has 30 heavy (non-hydrogen) atoms. The van der Waals surface area contributed by atoms with Gasteiger partial charge in [-0.05, 0) is 45.4 Å². The van der Waals surface area contributed by atoms with E-state index in [0.717, 1.165) is 22.0 Å². The summed E-state index contributed by atoms with van der Waals surface area (Å²) in [6.45, 7) is 7.49. The molecule has 2 aromatic heterocycles. The van der Waals surface area contributed by atoms with Crippen LogP contribution in [0.1, 0.15) is 47.6 Å². The van der Waals surface area contributed by atoms with E-state index in [9.17, 15) is 9.59 Å². The van der Waals surface area contributed by atoms with Crippen LogP contribution in [-0.4, -0.2) is 44.1 Å². The summed E-state index contributed by atoms with van der Waals surface area (Å²) in [4.78, 5) is 35.7. The van der Waals surface area contributed by atoms with Gasteiger partial charge in [-0.25, -0.2) is 4.79 Å². The third kappa shape index (κ3) is 3.94. The zero-order chi connectivity index (χ0) is 21.5. The molecule has 7 heteroatoms. The molecule has 156 valence electrons. The van der Waals surface area contributed by atoms with Crippen molar-refractivity contribution in [1.29, 1.82) is 0 Å². The van der Waals surface area contributed by atoms with Crippen molar-refractivity contribution < 1.29 is 14.3 Å². The number of nitrogens with one attached hydrogen (secondary N) is 1. The average Bonchev–Trinajstić information content (AvgIpc) is 3.31. The van der Waals surface area contributed by atoms with Gasteiger partial charge in [-0.15, -0.1) is 11.8 Å². The smallest absolute Gasteiger partial charge is 0.412 e. The minimum absolute atomic E-state index is 0.0881. The second-order valence-electron chi connectivity index (χ2n) is 8.49. The molecule has 1 unspecified atom stereocenters. The fraction of sp³-hybridized carbons (Fsp3) is 0.348. The molecule has 0 aliphatic carbocycles. The summed E-state index contributed by atoms with van der Waals surface area (Å²) < 4.78 is 5.67. The van der Waals surface area contributed by atoms with E-state index >= 15 is 0 Å². The van der Waals surface area contributed by atoms with Crippen molar-refractivity contribution in [3.05, 3.63) is 65.6 Å². The highest BCUT2D eigenvalue weighted by Crippen LogP contribution is 2.43. The minimum atomic E-state index is -0.657. The number of thioether (sulfide) groups is 1. The number of rotatable bonds is 3. The number of amides is 1. The Labute approximate surface area is 180 Å². The predicted molar refractivity (Wildman–Crippen MR) is 119 cm³/mol. The first-order valence-electron chi connectivity index (χ1n) is 9.89. The number of ketones is 1. The van der Waals surface area contributed by atoms with Gasteiger partial charge in [0.15, 0.2) is 5.78 Å². The van der Waals surface area contributed by atoms with Gasteiger partial charge in [-0.2, -0.15) is 0 Å². The Hall–Kier alpha value is -2.80. The van der Waals surface area contributed by atoms with E-state index in [1.54, 1.807) is 35.3 Å². The van der Waals surface area contributed by atoms with E-state index in [0.29, 0.717) is 11.3 Å². The maximum atomic E-state index is 13.6. The van der Waals surface area contributed by atoms with E-state index < -0.39 is 17.7 Å². The Balaban J connectivity index is 1.71. The second kappa shape index (κ2) is 7.80. The van der Waals surface area contributed by atoms with Gasteiger partial charge in [-0.1, -0.05) is 18.2 Å². The maximum absolute atomic E-state index is 13.6. The molecule has 1 aliphatic rings. The highest BCUT2D eigenvalue weighted by molar-refractivity contribution is 7.99. The number of Topliss-reactive ketones (excluding diaryl/α,β-unsaturated/α-hetero) is 1. The van der Waals surface area contributed by atoms with Crippen LogP contribution in [0.3, 0.4) is 0 Å². The van der Waals surface area contributed by atoms with Crippen LogP contribution in [0.4, 0.5) is 4.79 Å². The SMILES string of the molecule is Cc1ccc2c(C(=O)[C@@H]3CSC(c4cccnc4)N3C(=O)OC(C)(C)C)c[nH]c2c1. The summed E-state index contributed by atoms with van der Waals surface area (Å²) in [7, 11) is 0. The molecular weight excluding hydrogens is 398 g/mol. The van der Waals surface area contributed by atoms with Crippen LogP contribution >= 0.6 is 11.8 Å². The standard InChI is InChI=1S/C23H25N3O3S/c1-14-7-8-16-17(12-25-18(16)10-14)20(27)19-13-30-21(15-6-5-9-24-11-15)26(19)22(28)29-23(2,3)4/h5-12,19,21,25H,13H2,1-4H3/t19-,21?/m0/s1. The summed E-state index contributed by atoms with van der Waals surface area (Å²) in [5.41, 5.74) is 2.84. The lowest BCUT2D eigenvalue weighted by atomic mass is 10.0. The number of aromatic nitrogens is 2. The first-order valence-corrected chi connectivity index (χ1v) is 10.9. The first kappa shape index (κ1) is 20.5. The number of carbonyl (C=O) groups is 2. The molecule has 0 spiro atoms. The van der Waals surface area contributed by atoms with Gasteiger partial charge in [0.1, 0.15) is 17.0 Å². The van der Waals surface area contributed by atoms with Crippen LogP contribution in [0, 0.1) is 6.92 Å². The van der Waals surface area contributed by atoms with Crippen LogP contribution < -0.4 is 0 Å². The molecule has 3 heterocycles. The van der Waals surface area contributed by atoms with E-state index in [2.05, 4.69) is 9.97 Å². The highest BCUT2D eigenvalue weighted by Gasteiger charge is 2.44. The van der Waals surface area contributed by atoms with Crippen molar-refractivity contribution in [3.8, 4) is 0 Å². The molecule has 1 saturated heterocycles. The monoisotopic (exact) mass is 423 g/mol. The number of aromatic amines is 1. The molecule has 1 N–H and O–H groups in total. The Morgan fingerprint density at radius 1 is 1.27 bits per heavy atom. The van der Waals surface area contributed by atoms with Crippen molar-refractivity contribution in [2.75, 3.05) is 5.75 Å². The number of hydrogen-bond acceptors (Lipinski definition) is 5. The first-order chi connectivity index (χ1) is 14.2. The number of nitrogens with zero attached hydrogens (tertiary/aromatic N) is 2. The summed E-state index contributed by atoms with van der Waals surface area (Å²) in [5, 5.41) is 0.541. The normalized spacial score (nSPS) is 19.3. The van der Waals surface area contributed by atoms with E-state index in [1.165, 1.54) is 0 Å². The van der Waals surface area contributed by atoms with Gasteiger partial charge >= 0.3 is 6.09 Å². The lowest BCUT2D eigenvalue weighted by Gasteiger charge is -2.31. The molecule has 1 aromatic carbocycles. The van der Waals surface area contributed by atoms with Gasteiger partial charge in [0.25, 0.3) is 0 Å². The summed E-state index contributed by atoms with van der Waals surface area (Å²) in [6.07, 6.45) is 4.67. The van der Waals surface area contributed by atoms with Crippen LogP contribution in [0.2, 0.25) is 0 Å². The summed E-state index contributed by atoms with van der Waals surface area (Å²) in [6, 6.07) is 9.09. The predicted octanol–water partition coefficient (Wildman–Crippen LogP) is 5.11. The minimum Gasteiger partial charge on any atom is -0.444 e. The van der Waals surface area contributed by atoms with Crippen LogP contribution in [0.5, 0.6) is 0 Å². The van der Waals surface area contributed by atoms with Crippen LogP contribution in [0.15, 0.2) is 48.9 Å². The number of ether oxygens (including phenoxy) is 1. The third-order valence-corrected chi connectivity index (χ3v) is 6.30. The Morgan fingerprint density at radius 2 is 2.07 bits per heavy atom. The van der Waals surface area contributed by atoms with Crippen molar-refractivity contribution in [2.45, 2.75) is 44.7 Å². The zero-order valence-corrected chi connectivity index (χ0v) is 18.3. The van der Waals surface area contributed by atoms with Gasteiger partial charge in [0.2, 0.25) is 0 Å². The second-order valence-corrected chi connectivity index (χ2v) is 9.60. The van der Waals surface area contributed by atoms with Gasteiger partial charge < -0.3 is 9.72 Å². The Bertz CT molecular complexity index is 1090. The lowest BCUT2D eigenvalue weighted by molar-refractivity contribution is 0.0173. The van der Waals surface area contributed by atoms with Crippen molar-refractivity contribution >= 4 is 34.5 Å². The molecule has 3 aromatic rings. The summed E-state index contributed by atoms with van der Waals surface area (Å²) >= 11 is 1.55. The van der Waals surface area contributed by atoms with Crippen molar-refractivity contribution in [3.63, 3.8) is 0 Å². The van der Waals surface area contributed by atoms with Crippen molar-refractivity contribution in [1.82, 2.24) is 14.9 Å². The molecule has 0 radical (unpaired) electrons. The molecule has 1 aliphatic heterocycles. The van der Waals surface area contributed by atoms with Gasteiger partial charge in [0.05, 0.1) is 0 Å². The Morgan fingerprint density at radius 3 is 2.77 bits per heavy atom. The van der Waals surface area contributed by atoms with E-state index in [-0.39, 0.29) is 11.2 Å². The number of pyridine rings is 1. The molecule has 6 nitrogen and oxygen atoms in total. The molecular formula is C23H25N3O3S. The fourth-order valence-corrected chi connectivity index (χ4v) is 5.05. The van der Waals surface area contributed by atoms with Crippen LogP contribution in [-0.2, 0) is 4.74 Å². The third-order valence-electron chi connectivity index (χ3n) is 4.98. The molecule has 1 fully saturated rings. The molecule has 1 amide bonds. The lowest BCUT2D eigenvalue weighted by Crippen LogP contribution is -2.45. The van der Waals surface area contributed by atoms with Crippen molar-refractivity contribution in [2.24, 2.45) is 0 Å². The molecule has 2 atom stereocenters. The fourth-order valence-electron chi connectivity index (χ4n) is 3.65. The molecule has 0 saturated carbocycles. The topological polar surface area (TPSA) is 75.3 Å². The maximum Gasteiger partial charge on any atom is 0.412 e. The van der Waals surface area contributed by atoms with E-state index in [4.69, 9.17) is 4.74 Å². The molecule has 0 bridgehead atoms. The van der Waals surface area contributed by atoms with E-state index in [1.807, 2.05) is 58.0 Å². The van der Waals surface area contributed by atoms with Crippen LogP contribution in [0.25, 0.3) is 10.9 Å². The van der Waals surface area contributed by atoms with Gasteiger partial charge in [0, 0.05) is 46.4 Å². The Kier molecular flexibility index (Phi) is 5.32. The zero-order valence-electron chi connectivity index (χ0n) is 17.5. The highest BCUT2D eigenvalue weighted by atomic mass is 32.2. The number of carbonyl (C=O) groups excluding carboxylic acids is 2. The number of benzene rings is 1. The largest absolute Gasteiger partial charge is 0.444 e. The quantitative estimate of drug-likeness (QED) is 0.593. The number of hydrogen-bond donors (Lipinski definition) is 1. The number of fused-ring (bicyclic) bond motifs is 1. The number of aryl methyl sites for hydroxylation is 1.